The lowest BCUT2D eigenvalue weighted by atomic mass is 10.2. The molecule has 0 saturated carbocycles. The summed E-state index contributed by atoms with van der Waals surface area (Å²) in [4.78, 5) is 4.65. The minimum absolute atomic E-state index is 0.265. The number of benzene rings is 1. The van der Waals surface area contributed by atoms with Gasteiger partial charge in [0.2, 0.25) is 0 Å². The number of halogens is 2. The molecule has 0 N–H and O–H groups in total. The molecular formula is C15H16Cl2N4. The number of nitrogens with zero attached hydrogens (tertiary/aromatic N) is 4. The molecule has 1 saturated heterocycles. The Morgan fingerprint density at radius 3 is 2.43 bits per heavy atom. The van der Waals surface area contributed by atoms with E-state index in [0.717, 1.165) is 38.4 Å². The zero-order valence-electron chi connectivity index (χ0n) is 11.5. The third-order valence-electron chi connectivity index (χ3n) is 3.69. The van der Waals surface area contributed by atoms with E-state index < -0.39 is 0 Å². The molecule has 2 heterocycles. The topological polar surface area (TPSA) is 32.3 Å². The van der Waals surface area contributed by atoms with Gasteiger partial charge >= 0.3 is 0 Å². The molecule has 1 aromatic carbocycles. The van der Waals surface area contributed by atoms with Crippen LogP contribution in [-0.4, -0.2) is 41.3 Å². The van der Waals surface area contributed by atoms with Crippen LogP contribution in [0.1, 0.15) is 5.56 Å². The molecule has 3 rings (SSSR count). The summed E-state index contributed by atoms with van der Waals surface area (Å²) in [7, 11) is 0. The van der Waals surface area contributed by atoms with Gasteiger partial charge in [-0.05, 0) is 5.56 Å². The largest absolute Gasteiger partial charge is 0.366 e. The molecule has 0 amide bonds. The highest BCUT2D eigenvalue weighted by atomic mass is 35.5. The Bertz CT molecular complexity index is 598. The fraction of sp³-hybridized carbons (Fsp3) is 0.333. The van der Waals surface area contributed by atoms with Crippen molar-refractivity contribution >= 4 is 28.9 Å². The van der Waals surface area contributed by atoms with Crippen LogP contribution in [0.2, 0.25) is 10.2 Å². The van der Waals surface area contributed by atoms with Gasteiger partial charge in [0.15, 0.2) is 5.15 Å². The first-order valence-electron chi connectivity index (χ1n) is 6.92. The SMILES string of the molecule is Clc1nncc(N2CCN(Cc3ccccc3)CC2)c1Cl. The Morgan fingerprint density at radius 1 is 1.00 bits per heavy atom. The summed E-state index contributed by atoms with van der Waals surface area (Å²) in [6.45, 7) is 4.79. The smallest absolute Gasteiger partial charge is 0.172 e. The monoisotopic (exact) mass is 322 g/mol. The fourth-order valence-electron chi connectivity index (χ4n) is 2.55. The van der Waals surface area contributed by atoms with Gasteiger partial charge in [0.05, 0.1) is 11.9 Å². The average Bonchev–Trinajstić information content (AvgIpc) is 2.52. The van der Waals surface area contributed by atoms with Gasteiger partial charge in [-0.1, -0.05) is 53.5 Å². The second-order valence-corrected chi connectivity index (χ2v) is 5.82. The molecule has 2 aromatic rings. The van der Waals surface area contributed by atoms with Crippen LogP contribution >= 0.6 is 23.2 Å². The fourth-order valence-corrected chi connectivity index (χ4v) is 2.90. The van der Waals surface area contributed by atoms with E-state index in [4.69, 9.17) is 23.2 Å². The average molecular weight is 323 g/mol. The highest BCUT2D eigenvalue weighted by Gasteiger charge is 2.20. The molecule has 21 heavy (non-hydrogen) atoms. The van der Waals surface area contributed by atoms with Crippen molar-refractivity contribution in [2.45, 2.75) is 6.54 Å². The molecule has 0 aliphatic carbocycles. The van der Waals surface area contributed by atoms with Crippen molar-refractivity contribution in [1.82, 2.24) is 15.1 Å². The maximum Gasteiger partial charge on any atom is 0.172 e. The van der Waals surface area contributed by atoms with Crippen molar-refractivity contribution in [3.8, 4) is 0 Å². The summed E-state index contributed by atoms with van der Waals surface area (Å²) in [6.07, 6.45) is 1.68. The van der Waals surface area contributed by atoms with E-state index in [-0.39, 0.29) is 5.15 Å². The van der Waals surface area contributed by atoms with E-state index in [2.05, 4.69) is 44.3 Å². The zero-order chi connectivity index (χ0) is 14.7. The van der Waals surface area contributed by atoms with Gasteiger partial charge in [0, 0.05) is 32.7 Å². The maximum absolute atomic E-state index is 6.20. The number of piperazine rings is 1. The van der Waals surface area contributed by atoms with Gasteiger partial charge < -0.3 is 4.90 Å². The second kappa shape index (κ2) is 6.60. The third kappa shape index (κ3) is 3.46. The van der Waals surface area contributed by atoms with Crippen molar-refractivity contribution in [3.05, 3.63) is 52.3 Å². The molecule has 0 spiro atoms. The van der Waals surface area contributed by atoms with E-state index in [1.165, 1.54) is 5.56 Å². The van der Waals surface area contributed by atoms with E-state index >= 15 is 0 Å². The minimum atomic E-state index is 0.265. The predicted octanol–water partition coefficient (Wildman–Crippen LogP) is 3.11. The molecule has 0 radical (unpaired) electrons. The van der Waals surface area contributed by atoms with Crippen molar-refractivity contribution in [2.24, 2.45) is 0 Å². The second-order valence-electron chi connectivity index (χ2n) is 5.08. The summed E-state index contributed by atoms with van der Waals surface area (Å²) >= 11 is 12.1. The molecular weight excluding hydrogens is 307 g/mol. The first-order valence-corrected chi connectivity index (χ1v) is 7.67. The number of hydrogen-bond donors (Lipinski definition) is 0. The van der Waals surface area contributed by atoms with Crippen molar-refractivity contribution < 1.29 is 0 Å². The van der Waals surface area contributed by atoms with Gasteiger partial charge in [-0.15, -0.1) is 5.10 Å². The highest BCUT2D eigenvalue weighted by molar-refractivity contribution is 6.42. The van der Waals surface area contributed by atoms with Gasteiger partial charge in [0.1, 0.15) is 5.02 Å². The van der Waals surface area contributed by atoms with Gasteiger partial charge in [-0.2, -0.15) is 5.10 Å². The van der Waals surface area contributed by atoms with E-state index in [9.17, 15) is 0 Å². The molecule has 6 heteroatoms. The van der Waals surface area contributed by atoms with Crippen LogP contribution in [0.25, 0.3) is 0 Å². The summed E-state index contributed by atoms with van der Waals surface area (Å²) < 4.78 is 0. The van der Waals surface area contributed by atoms with Crippen LogP contribution in [0.15, 0.2) is 36.5 Å². The number of rotatable bonds is 3. The highest BCUT2D eigenvalue weighted by Crippen LogP contribution is 2.30. The Hall–Kier alpha value is -1.36. The molecule has 1 aromatic heterocycles. The Morgan fingerprint density at radius 2 is 1.71 bits per heavy atom. The van der Waals surface area contributed by atoms with E-state index in [0.29, 0.717) is 5.02 Å². The van der Waals surface area contributed by atoms with Crippen molar-refractivity contribution in [1.29, 1.82) is 0 Å². The van der Waals surface area contributed by atoms with E-state index in [1.807, 2.05) is 6.07 Å². The zero-order valence-corrected chi connectivity index (χ0v) is 13.1. The summed E-state index contributed by atoms with van der Waals surface area (Å²) in [5.74, 6) is 0. The van der Waals surface area contributed by atoms with Gasteiger partial charge in [-0.3, -0.25) is 4.90 Å². The number of hydrogen-bond acceptors (Lipinski definition) is 4. The minimum Gasteiger partial charge on any atom is -0.366 e. The van der Waals surface area contributed by atoms with Crippen molar-refractivity contribution in [3.63, 3.8) is 0 Å². The summed E-state index contributed by atoms with van der Waals surface area (Å²) in [5.41, 5.74) is 2.22. The summed E-state index contributed by atoms with van der Waals surface area (Å²) in [5, 5.41) is 8.39. The lowest BCUT2D eigenvalue weighted by Crippen LogP contribution is -2.46. The van der Waals surface area contributed by atoms with Gasteiger partial charge in [0.25, 0.3) is 0 Å². The van der Waals surface area contributed by atoms with Gasteiger partial charge in [-0.25, -0.2) is 0 Å². The quantitative estimate of drug-likeness (QED) is 0.869. The molecule has 0 unspecified atom stereocenters. The normalized spacial score (nSPS) is 16.2. The lowest BCUT2D eigenvalue weighted by molar-refractivity contribution is 0.250. The lowest BCUT2D eigenvalue weighted by Gasteiger charge is -2.36. The molecule has 1 aliphatic heterocycles. The third-order valence-corrected chi connectivity index (χ3v) is 4.43. The molecule has 110 valence electrons. The Kier molecular flexibility index (Phi) is 4.58. The van der Waals surface area contributed by atoms with Crippen molar-refractivity contribution in [2.75, 3.05) is 31.1 Å². The molecule has 4 nitrogen and oxygen atoms in total. The number of aromatic nitrogens is 2. The Labute approximate surface area is 134 Å². The van der Waals surface area contributed by atoms with Crippen LogP contribution in [0.5, 0.6) is 0 Å². The van der Waals surface area contributed by atoms with Crippen LogP contribution in [0.4, 0.5) is 5.69 Å². The standard InChI is InChI=1S/C15H16Cl2N4/c16-14-13(10-18-19-15(14)17)21-8-6-20(7-9-21)11-12-4-2-1-3-5-12/h1-5,10H,6-9,11H2. The van der Waals surface area contributed by atoms with Crippen LogP contribution in [-0.2, 0) is 6.54 Å². The molecule has 0 bridgehead atoms. The first kappa shape index (κ1) is 14.6. The number of anilines is 1. The van der Waals surface area contributed by atoms with Crippen LogP contribution in [0, 0.1) is 0 Å². The first-order chi connectivity index (χ1) is 10.2. The summed E-state index contributed by atoms with van der Waals surface area (Å²) in [6, 6.07) is 10.5. The van der Waals surface area contributed by atoms with E-state index in [1.54, 1.807) is 6.20 Å². The maximum atomic E-state index is 6.20. The Balaban J connectivity index is 1.61. The molecule has 1 fully saturated rings. The molecule has 1 aliphatic rings. The molecule has 0 atom stereocenters. The van der Waals surface area contributed by atoms with Crippen LogP contribution in [0.3, 0.4) is 0 Å². The predicted molar refractivity (Wildman–Crippen MR) is 86.0 cm³/mol. The van der Waals surface area contributed by atoms with Crippen LogP contribution < -0.4 is 4.90 Å².